The second-order valence-corrected chi connectivity index (χ2v) is 9.93. The van der Waals surface area contributed by atoms with Crippen molar-refractivity contribution in [1.29, 1.82) is 0 Å². The molecule has 1 aliphatic heterocycles. The summed E-state index contributed by atoms with van der Waals surface area (Å²) in [4.78, 5) is 17.8. The first-order valence-corrected chi connectivity index (χ1v) is 12.9. The van der Waals surface area contributed by atoms with E-state index in [4.69, 9.17) is 26.4 Å². The van der Waals surface area contributed by atoms with Crippen LogP contribution in [0.15, 0.2) is 61.2 Å². The summed E-state index contributed by atoms with van der Waals surface area (Å²) >= 11 is 6.65. The van der Waals surface area contributed by atoms with Crippen molar-refractivity contribution in [3.8, 4) is 34.3 Å². The molecule has 4 aromatic heterocycles. The van der Waals surface area contributed by atoms with E-state index in [2.05, 4.69) is 15.0 Å². The number of halogens is 4. The fourth-order valence-electron chi connectivity index (χ4n) is 4.91. The van der Waals surface area contributed by atoms with E-state index in [0.29, 0.717) is 40.2 Å². The minimum atomic E-state index is -4.45. The second-order valence-electron chi connectivity index (χ2n) is 9.52. The molecule has 0 radical (unpaired) electrons. The molecule has 0 N–H and O–H groups in total. The zero-order chi connectivity index (χ0) is 28.0. The molecule has 1 atom stereocenters. The molecule has 5 heterocycles. The van der Waals surface area contributed by atoms with Crippen LogP contribution in [-0.2, 0) is 12.7 Å². The third-order valence-corrected chi connectivity index (χ3v) is 7.23. The average Bonchev–Trinajstić information content (AvgIpc) is 3.59. The maximum Gasteiger partial charge on any atom is 0.417 e. The molecule has 0 spiro atoms. The molecule has 6 rings (SSSR count). The number of rotatable bonds is 5. The zero-order valence-corrected chi connectivity index (χ0v) is 22.3. The molecule has 12 heteroatoms. The third kappa shape index (κ3) is 4.81. The van der Waals surface area contributed by atoms with E-state index in [1.54, 1.807) is 25.6 Å². The van der Waals surface area contributed by atoms with Crippen LogP contribution in [0.5, 0.6) is 5.88 Å². The van der Waals surface area contributed by atoms with Gasteiger partial charge in [-0.2, -0.15) is 13.2 Å². The second kappa shape index (κ2) is 10.1. The van der Waals surface area contributed by atoms with E-state index in [1.807, 2.05) is 40.6 Å². The fraction of sp³-hybridized carbons (Fsp3) is 0.250. The highest BCUT2D eigenvalue weighted by atomic mass is 35.5. The average molecular weight is 566 g/mol. The highest BCUT2D eigenvalue weighted by Crippen LogP contribution is 2.39. The van der Waals surface area contributed by atoms with E-state index in [0.717, 1.165) is 47.9 Å². The Morgan fingerprint density at radius 1 is 1.02 bits per heavy atom. The number of fused-ring (bicyclic) bond motifs is 1. The summed E-state index contributed by atoms with van der Waals surface area (Å²) in [6.45, 7) is 2.60. The lowest BCUT2D eigenvalue weighted by atomic mass is 9.89. The Kier molecular flexibility index (Phi) is 6.53. The highest BCUT2D eigenvalue weighted by Gasteiger charge is 2.31. The van der Waals surface area contributed by atoms with Crippen LogP contribution >= 0.6 is 11.6 Å². The van der Waals surface area contributed by atoms with Crippen LogP contribution in [0.4, 0.5) is 13.2 Å². The predicted molar refractivity (Wildman–Crippen MR) is 142 cm³/mol. The maximum absolute atomic E-state index is 13.0. The Labute approximate surface area is 232 Å². The number of nitrogens with zero attached hydrogens (tertiary/aromatic N) is 7. The van der Waals surface area contributed by atoms with Gasteiger partial charge in [-0.15, -0.1) is 5.10 Å². The molecule has 8 nitrogen and oxygen atoms in total. The lowest BCUT2D eigenvalue weighted by molar-refractivity contribution is -0.137. The molecule has 5 aromatic rings. The Hall–Kier alpha value is -4.25. The number of hydrogen-bond donors (Lipinski definition) is 0. The van der Waals surface area contributed by atoms with Gasteiger partial charge in [0.25, 0.3) is 0 Å². The molecule has 0 amide bonds. The van der Waals surface area contributed by atoms with Crippen LogP contribution in [0.2, 0.25) is 5.02 Å². The molecule has 40 heavy (non-hydrogen) atoms. The molecule has 0 bridgehead atoms. The van der Waals surface area contributed by atoms with Gasteiger partial charge in [0, 0.05) is 35.4 Å². The molecule has 0 saturated heterocycles. The molecule has 0 saturated carbocycles. The van der Waals surface area contributed by atoms with Gasteiger partial charge in [0.1, 0.15) is 17.2 Å². The lowest BCUT2D eigenvalue weighted by Crippen LogP contribution is -2.18. The van der Waals surface area contributed by atoms with Crippen molar-refractivity contribution >= 4 is 11.6 Å². The number of aromatic nitrogens is 7. The molecule has 0 unspecified atom stereocenters. The van der Waals surface area contributed by atoms with Crippen LogP contribution in [-0.4, -0.2) is 41.4 Å². The Balaban J connectivity index is 1.34. The Morgan fingerprint density at radius 3 is 2.55 bits per heavy atom. The van der Waals surface area contributed by atoms with Gasteiger partial charge in [0.2, 0.25) is 5.88 Å². The van der Waals surface area contributed by atoms with Crippen molar-refractivity contribution in [2.45, 2.75) is 38.4 Å². The standard InChI is InChI=1S/C28H23ClF3N7O/c1-16-14-38(15-34-16)24-10-9-23(35-27(24)40-2)25-36-26-19(4-3-11-39(26)37-25)20-12-17(5-7-21(20)29)22-8-6-18(13-33-22)28(30,31)32/h5-10,12-15,19H,3-4,11H2,1-2H3/t19-/m1/s1. The smallest absolute Gasteiger partial charge is 0.417 e. The molecule has 1 aromatic carbocycles. The van der Waals surface area contributed by atoms with Gasteiger partial charge in [-0.05, 0) is 61.7 Å². The van der Waals surface area contributed by atoms with Gasteiger partial charge in [-0.25, -0.2) is 19.6 Å². The van der Waals surface area contributed by atoms with Gasteiger partial charge in [-0.1, -0.05) is 17.7 Å². The molecular formula is C28H23ClF3N7O. The van der Waals surface area contributed by atoms with Crippen LogP contribution in [0, 0.1) is 6.92 Å². The van der Waals surface area contributed by atoms with Gasteiger partial charge in [0.05, 0.1) is 30.4 Å². The Morgan fingerprint density at radius 2 is 1.85 bits per heavy atom. The van der Waals surface area contributed by atoms with Crippen molar-refractivity contribution in [1.82, 2.24) is 34.3 Å². The van der Waals surface area contributed by atoms with Crippen LogP contribution < -0.4 is 4.74 Å². The fourth-order valence-corrected chi connectivity index (χ4v) is 5.16. The number of imidazole rings is 1. The van der Waals surface area contributed by atoms with E-state index >= 15 is 0 Å². The summed E-state index contributed by atoms with van der Waals surface area (Å²) in [5.41, 5.74) is 3.29. The van der Waals surface area contributed by atoms with E-state index in [-0.39, 0.29) is 5.92 Å². The molecule has 0 fully saturated rings. The van der Waals surface area contributed by atoms with Gasteiger partial charge in [-0.3, -0.25) is 4.98 Å². The first kappa shape index (κ1) is 26.0. The molecule has 1 aliphatic rings. The topological polar surface area (TPSA) is 83.5 Å². The van der Waals surface area contributed by atoms with E-state index < -0.39 is 11.7 Å². The van der Waals surface area contributed by atoms with Crippen LogP contribution in [0.3, 0.4) is 0 Å². The lowest BCUT2D eigenvalue weighted by Gasteiger charge is -2.23. The first-order valence-electron chi connectivity index (χ1n) is 12.6. The Bertz CT molecular complexity index is 1700. The van der Waals surface area contributed by atoms with Crippen LogP contribution in [0.1, 0.15) is 41.4 Å². The number of aryl methyl sites for hydroxylation is 2. The van der Waals surface area contributed by atoms with Crippen molar-refractivity contribution < 1.29 is 17.9 Å². The van der Waals surface area contributed by atoms with Gasteiger partial charge < -0.3 is 9.30 Å². The van der Waals surface area contributed by atoms with Gasteiger partial charge in [0.15, 0.2) is 5.82 Å². The van der Waals surface area contributed by atoms with Gasteiger partial charge >= 0.3 is 6.18 Å². The number of pyridine rings is 2. The van der Waals surface area contributed by atoms with Crippen molar-refractivity contribution in [2.24, 2.45) is 0 Å². The van der Waals surface area contributed by atoms with Crippen molar-refractivity contribution in [3.05, 3.63) is 88.9 Å². The number of methoxy groups -OCH3 is 1. The first-order chi connectivity index (χ1) is 19.2. The zero-order valence-electron chi connectivity index (χ0n) is 21.5. The van der Waals surface area contributed by atoms with Crippen LogP contribution in [0.25, 0.3) is 28.5 Å². The minimum Gasteiger partial charge on any atom is -0.479 e. The predicted octanol–water partition coefficient (Wildman–Crippen LogP) is 6.50. The normalized spacial score (nSPS) is 15.2. The molecular weight excluding hydrogens is 543 g/mol. The SMILES string of the molecule is COc1nc(-c2nc3n(n2)CCC[C@@H]3c2cc(-c3ccc(C(F)(F)F)cn3)ccc2Cl)ccc1-n1cnc(C)c1. The molecule has 0 aliphatic carbocycles. The van der Waals surface area contributed by atoms with Crippen molar-refractivity contribution in [2.75, 3.05) is 7.11 Å². The summed E-state index contributed by atoms with van der Waals surface area (Å²) in [5, 5.41) is 5.27. The summed E-state index contributed by atoms with van der Waals surface area (Å²) in [6.07, 6.45) is 1.62. The summed E-state index contributed by atoms with van der Waals surface area (Å²) in [7, 11) is 1.56. The number of alkyl halides is 3. The monoisotopic (exact) mass is 565 g/mol. The number of ether oxygens (including phenoxy) is 1. The summed E-state index contributed by atoms with van der Waals surface area (Å²) in [5.74, 6) is 1.46. The number of benzene rings is 1. The quantitative estimate of drug-likeness (QED) is 0.242. The molecule has 204 valence electrons. The van der Waals surface area contributed by atoms with E-state index in [1.165, 1.54) is 6.07 Å². The highest BCUT2D eigenvalue weighted by molar-refractivity contribution is 6.31. The van der Waals surface area contributed by atoms with E-state index in [9.17, 15) is 13.2 Å². The third-order valence-electron chi connectivity index (χ3n) is 6.89. The number of hydrogen-bond acceptors (Lipinski definition) is 6. The van der Waals surface area contributed by atoms with Crippen molar-refractivity contribution in [3.63, 3.8) is 0 Å². The summed E-state index contributed by atoms with van der Waals surface area (Å²) in [6, 6.07) is 11.5. The minimum absolute atomic E-state index is 0.160. The summed E-state index contributed by atoms with van der Waals surface area (Å²) < 4.78 is 48.3. The maximum atomic E-state index is 13.0. The largest absolute Gasteiger partial charge is 0.479 e.